The van der Waals surface area contributed by atoms with Gasteiger partial charge in [-0.1, -0.05) is 25.5 Å². The van der Waals surface area contributed by atoms with Crippen LogP contribution in [0.25, 0.3) is 0 Å². The average molecular weight is 752 g/mol. The van der Waals surface area contributed by atoms with Gasteiger partial charge in [-0.15, -0.1) is 0 Å². The van der Waals surface area contributed by atoms with Gasteiger partial charge in [0, 0.05) is 64.7 Å². The quantitative estimate of drug-likeness (QED) is 0.161. The van der Waals surface area contributed by atoms with Crippen molar-refractivity contribution in [3.63, 3.8) is 0 Å². The lowest BCUT2D eigenvalue weighted by Gasteiger charge is -2.51. The van der Waals surface area contributed by atoms with Gasteiger partial charge >= 0.3 is 6.18 Å². The fourth-order valence-corrected chi connectivity index (χ4v) is 6.86. The molecule has 9 nitrogen and oxygen atoms in total. The Balaban J connectivity index is 1.48. The topological polar surface area (TPSA) is 84.4 Å². The number of hydrogen-bond acceptors (Lipinski definition) is 7. The van der Waals surface area contributed by atoms with Crippen LogP contribution in [0, 0.1) is 5.82 Å². The number of aromatic nitrogens is 1. The van der Waals surface area contributed by atoms with Crippen molar-refractivity contribution in [2.75, 3.05) is 57.9 Å². The van der Waals surface area contributed by atoms with E-state index in [4.69, 9.17) is 14.2 Å². The molecule has 0 N–H and O–H groups in total. The molecule has 3 heterocycles. The highest BCUT2D eigenvalue weighted by Gasteiger charge is 2.56. The van der Waals surface area contributed by atoms with Crippen LogP contribution in [-0.4, -0.2) is 91.3 Å². The molecule has 0 spiro atoms. The van der Waals surface area contributed by atoms with Crippen LogP contribution in [0.4, 0.5) is 23.2 Å². The summed E-state index contributed by atoms with van der Waals surface area (Å²) in [6, 6.07) is 11.6. The van der Waals surface area contributed by atoms with Crippen LogP contribution in [0.15, 0.2) is 65.4 Å². The molecule has 3 aromatic rings. The van der Waals surface area contributed by atoms with Crippen LogP contribution in [0.3, 0.4) is 0 Å². The van der Waals surface area contributed by atoms with Crippen LogP contribution in [-0.2, 0) is 15.7 Å². The number of piperazine rings is 1. The van der Waals surface area contributed by atoms with Crippen molar-refractivity contribution in [2.24, 2.45) is 0 Å². The van der Waals surface area contributed by atoms with Crippen molar-refractivity contribution in [2.45, 2.75) is 50.4 Å². The zero-order valence-corrected chi connectivity index (χ0v) is 28.9. The van der Waals surface area contributed by atoms with E-state index in [-0.39, 0.29) is 36.0 Å². The number of amides is 2. The minimum Gasteiger partial charge on any atom is -0.489 e. The number of likely N-dealkylation sites (tertiary alicyclic amines) is 1. The number of carbonyl (C=O) groups is 2. The average Bonchev–Trinajstić information content (AvgIpc) is 3.10. The van der Waals surface area contributed by atoms with E-state index in [1.54, 1.807) is 12.0 Å². The molecule has 2 saturated heterocycles. The lowest BCUT2D eigenvalue weighted by molar-refractivity contribution is -0.159. The minimum absolute atomic E-state index is 0.0718. The van der Waals surface area contributed by atoms with Crippen LogP contribution in [0.1, 0.15) is 48.5 Å². The predicted molar refractivity (Wildman–Crippen MR) is 178 cm³/mol. The molecular formula is C35H39BrF4N4O5. The Bertz CT molecular complexity index is 1620. The number of pyridine rings is 1. The zero-order chi connectivity index (χ0) is 35.2. The number of halogens is 5. The zero-order valence-electron chi connectivity index (χ0n) is 27.3. The molecule has 1 aromatic heterocycles. The Labute approximate surface area is 291 Å². The number of hydrogen-bond donors (Lipinski definition) is 0. The number of methoxy groups -OCH3 is 1. The molecule has 5 rings (SSSR count). The summed E-state index contributed by atoms with van der Waals surface area (Å²) in [6.45, 7) is 4.31. The first-order valence-corrected chi connectivity index (χ1v) is 17.0. The first-order chi connectivity index (χ1) is 23.5. The van der Waals surface area contributed by atoms with E-state index >= 15 is 0 Å². The minimum atomic E-state index is -4.80. The number of carbonyl (C=O) groups excluding carboxylic acids is 2. The SMILES string of the molecule is CCCC1N(C(=O)c2cnccc2C(F)(F)F)CCCC1(Oc1ccc(Br)c(F)c1)C(=O)N1CCN(c2ccccc2OCCOC)CC1. The molecule has 0 aliphatic carbocycles. The van der Waals surface area contributed by atoms with Crippen molar-refractivity contribution in [3.8, 4) is 11.5 Å². The van der Waals surface area contributed by atoms with Gasteiger partial charge in [-0.05, 0) is 59.1 Å². The number of para-hydroxylation sites is 2. The van der Waals surface area contributed by atoms with Gasteiger partial charge in [0.1, 0.15) is 23.9 Å². The third-order valence-electron chi connectivity index (χ3n) is 8.91. The van der Waals surface area contributed by atoms with E-state index in [9.17, 15) is 27.2 Å². The molecule has 2 fully saturated rings. The van der Waals surface area contributed by atoms with E-state index in [0.29, 0.717) is 51.6 Å². The molecule has 2 aromatic carbocycles. The maximum atomic E-state index is 14.8. The lowest BCUT2D eigenvalue weighted by atomic mass is 9.79. The third kappa shape index (κ3) is 7.95. The maximum Gasteiger partial charge on any atom is 0.417 e. The van der Waals surface area contributed by atoms with Crippen molar-refractivity contribution < 1.29 is 41.4 Å². The van der Waals surface area contributed by atoms with Gasteiger partial charge in [0.2, 0.25) is 5.60 Å². The van der Waals surface area contributed by atoms with Crippen molar-refractivity contribution in [1.29, 1.82) is 0 Å². The molecule has 2 amide bonds. The standard InChI is InChI=1S/C35H39BrF4N4O5/c1-3-7-31-34(49-24-10-11-27(36)28(37)22-24,13-6-15-44(31)32(45)25-23-41-14-12-26(25)35(38,39)40)33(46)43-18-16-42(17-19-43)29-8-4-5-9-30(29)48-21-20-47-2/h4-5,8-12,14,22-23,31H,3,6-7,13,15-21H2,1-2H3. The monoisotopic (exact) mass is 750 g/mol. The van der Waals surface area contributed by atoms with Gasteiger partial charge in [0.25, 0.3) is 11.8 Å². The van der Waals surface area contributed by atoms with E-state index in [2.05, 4.69) is 25.8 Å². The summed E-state index contributed by atoms with van der Waals surface area (Å²) in [5.41, 5.74) is -2.54. The fraction of sp³-hybridized carbons (Fsp3) is 0.457. The number of rotatable bonds is 11. The number of benzene rings is 2. The first-order valence-electron chi connectivity index (χ1n) is 16.2. The van der Waals surface area contributed by atoms with E-state index < -0.39 is 46.6 Å². The van der Waals surface area contributed by atoms with E-state index in [1.807, 2.05) is 31.2 Å². The summed E-state index contributed by atoms with van der Waals surface area (Å²) in [5.74, 6) is -1.15. The lowest BCUT2D eigenvalue weighted by Crippen LogP contribution is -2.69. The highest BCUT2D eigenvalue weighted by atomic mass is 79.9. The normalized spacial score (nSPS) is 19.9. The molecule has 0 saturated carbocycles. The summed E-state index contributed by atoms with van der Waals surface area (Å²) in [4.78, 5) is 37.8. The molecule has 2 atom stereocenters. The number of piperidine rings is 1. The Morgan fingerprint density at radius 1 is 1.04 bits per heavy atom. The van der Waals surface area contributed by atoms with Gasteiger partial charge < -0.3 is 28.9 Å². The van der Waals surface area contributed by atoms with Crippen LogP contribution in [0.2, 0.25) is 0 Å². The second-order valence-corrected chi connectivity index (χ2v) is 12.8. The van der Waals surface area contributed by atoms with Gasteiger partial charge in [0.05, 0.1) is 33.9 Å². The number of alkyl halides is 3. The molecule has 2 aliphatic rings. The van der Waals surface area contributed by atoms with Gasteiger partial charge in [0.15, 0.2) is 0 Å². The van der Waals surface area contributed by atoms with Gasteiger partial charge in [-0.2, -0.15) is 13.2 Å². The molecule has 264 valence electrons. The Morgan fingerprint density at radius 3 is 2.49 bits per heavy atom. The van der Waals surface area contributed by atoms with Crippen LogP contribution in [0.5, 0.6) is 11.5 Å². The Hall–Kier alpha value is -3.91. The number of ether oxygens (including phenoxy) is 3. The highest BCUT2D eigenvalue weighted by Crippen LogP contribution is 2.40. The second kappa shape index (κ2) is 15.8. The van der Waals surface area contributed by atoms with Crippen LogP contribution >= 0.6 is 15.9 Å². The smallest absolute Gasteiger partial charge is 0.417 e. The molecule has 2 aliphatic heterocycles. The molecule has 14 heteroatoms. The molecule has 2 unspecified atom stereocenters. The van der Waals surface area contributed by atoms with Gasteiger partial charge in [-0.3, -0.25) is 14.6 Å². The second-order valence-electron chi connectivity index (χ2n) is 12.0. The predicted octanol–water partition coefficient (Wildman–Crippen LogP) is 6.60. The van der Waals surface area contributed by atoms with Crippen molar-refractivity contribution >= 4 is 33.4 Å². The summed E-state index contributed by atoms with van der Waals surface area (Å²) in [5, 5.41) is 0. The summed E-state index contributed by atoms with van der Waals surface area (Å²) < 4.78 is 74.6. The van der Waals surface area contributed by atoms with Gasteiger partial charge in [-0.25, -0.2) is 4.39 Å². The van der Waals surface area contributed by atoms with Crippen molar-refractivity contribution in [3.05, 3.63) is 82.3 Å². The van der Waals surface area contributed by atoms with E-state index in [1.165, 1.54) is 17.0 Å². The number of anilines is 1. The largest absolute Gasteiger partial charge is 0.489 e. The molecule has 0 radical (unpaired) electrons. The summed E-state index contributed by atoms with van der Waals surface area (Å²) in [6.07, 6.45) is -1.71. The Morgan fingerprint density at radius 2 is 1.80 bits per heavy atom. The molecule has 0 bridgehead atoms. The third-order valence-corrected chi connectivity index (χ3v) is 9.56. The van der Waals surface area contributed by atoms with E-state index in [0.717, 1.165) is 30.2 Å². The highest BCUT2D eigenvalue weighted by molar-refractivity contribution is 9.10. The number of nitrogens with zero attached hydrogens (tertiary/aromatic N) is 4. The first kappa shape index (κ1) is 36.4. The van der Waals surface area contributed by atoms with Crippen LogP contribution < -0.4 is 14.4 Å². The fourth-order valence-electron chi connectivity index (χ4n) is 6.61. The summed E-state index contributed by atoms with van der Waals surface area (Å²) in [7, 11) is 1.60. The maximum absolute atomic E-state index is 14.8. The Kier molecular flexibility index (Phi) is 11.7. The molecule has 49 heavy (non-hydrogen) atoms. The molecular weight excluding hydrogens is 712 g/mol. The summed E-state index contributed by atoms with van der Waals surface area (Å²) >= 11 is 3.14. The van der Waals surface area contributed by atoms with Crippen molar-refractivity contribution in [1.82, 2.24) is 14.8 Å².